The number of fused-ring (bicyclic) bond motifs is 1. The molecule has 2 heterocycles. The van der Waals surface area contributed by atoms with Crippen molar-refractivity contribution in [3.63, 3.8) is 0 Å². The molecule has 0 saturated carbocycles. The van der Waals surface area contributed by atoms with Crippen LogP contribution in [-0.4, -0.2) is 27.7 Å². The molecule has 0 fully saturated rings. The van der Waals surface area contributed by atoms with Gasteiger partial charge in [0, 0.05) is 24.1 Å². The summed E-state index contributed by atoms with van der Waals surface area (Å²) in [4.78, 5) is 19.2. The van der Waals surface area contributed by atoms with Crippen molar-refractivity contribution in [2.24, 2.45) is 0 Å². The minimum Gasteiger partial charge on any atom is -0.481 e. The number of ether oxygens (including phenoxy) is 1. The maximum Gasteiger partial charge on any atom is 0.303 e. The van der Waals surface area contributed by atoms with Gasteiger partial charge in [0.05, 0.1) is 25.3 Å². The molecule has 2 rings (SSSR count). The zero-order valence-corrected chi connectivity index (χ0v) is 9.19. The summed E-state index contributed by atoms with van der Waals surface area (Å²) in [6.45, 7) is 3.17. The first kappa shape index (κ1) is 11.0. The predicted octanol–water partition coefficient (Wildman–Crippen LogP) is 0.875. The van der Waals surface area contributed by atoms with Gasteiger partial charge in [0.1, 0.15) is 5.82 Å². The van der Waals surface area contributed by atoms with E-state index in [1.807, 2.05) is 6.92 Å². The number of carboxylic acids is 1. The summed E-state index contributed by atoms with van der Waals surface area (Å²) in [6.07, 6.45) is 1.26. The van der Waals surface area contributed by atoms with Crippen molar-refractivity contribution < 1.29 is 14.6 Å². The third-order valence-corrected chi connectivity index (χ3v) is 2.64. The normalized spacial score (nSPS) is 14.6. The van der Waals surface area contributed by atoms with Crippen LogP contribution in [0, 0.1) is 6.92 Å². The summed E-state index contributed by atoms with van der Waals surface area (Å²) in [5, 5.41) is 8.61. The number of aliphatic carboxylic acids is 1. The summed E-state index contributed by atoms with van der Waals surface area (Å²) < 4.78 is 5.34. The van der Waals surface area contributed by atoms with Crippen molar-refractivity contribution in [1.82, 2.24) is 9.97 Å². The van der Waals surface area contributed by atoms with E-state index in [1.54, 1.807) is 0 Å². The van der Waals surface area contributed by atoms with Crippen LogP contribution in [0.4, 0.5) is 0 Å². The first-order chi connectivity index (χ1) is 7.66. The Balaban J connectivity index is 2.21. The van der Waals surface area contributed by atoms with E-state index in [-0.39, 0.29) is 6.42 Å². The largest absolute Gasteiger partial charge is 0.481 e. The third-order valence-electron chi connectivity index (χ3n) is 2.64. The minimum atomic E-state index is -0.817. The highest BCUT2D eigenvalue weighted by molar-refractivity contribution is 5.66. The number of aromatic nitrogens is 2. The van der Waals surface area contributed by atoms with E-state index in [2.05, 4.69) is 9.97 Å². The molecule has 1 aliphatic heterocycles. The molecule has 16 heavy (non-hydrogen) atoms. The fourth-order valence-electron chi connectivity index (χ4n) is 1.79. The van der Waals surface area contributed by atoms with E-state index >= 15 is 0 Å². The fourth-order valence-corrected chi connectivity index (χ4v) is 1.79. The van der Waals surface area contributed by atoms with Gasteiger partial charge in [-0.3, -0.25) is 4.79 Å². The Hall–Kier alpha value is -1.49. The number of aryl methyl sites for hydroxylation is 2. The monoisotopic (exact) mass is 222 g/mol. The second-order valence-electron chi connectivity index (χ2n) is 3.85. The van der Waals surface area contributed by atoms with E-state index < -0.39 is 5.97 Å². The van der Waals surface area contributed by atoms with Crippen molar-refractivity contribution in [3.8, 4) is 0 Å². The maximum absolute atomic E-state index is 10.5. The van der Waals surface area contributed by atoms with Crippen molar-refractivity contribution in [2.45, 2.75) is 32.8 Å². The first-order valence-corrected chi connectivity index (χ1v) is 5.31. The number of hydrogen-bond acceptors (Lipinski definition) is 4. The molecule has 0 radical (unpaired) electrons. The first-order valence-electron chi connectivity index (χ1n) is 5.31. The SMILES string of the molecule is Cc1nc(CCC(=O)O)nc2c1COCC2. The molecule has 0 amide bonds. The lowest BCUT2D eigenvalue weighted by Crippen LogP contribution is -2.16. The molecule has 0 aliphatic carbocycles. The molecular formula is C11H14N2O3. The highest BCUT2D eigenvalue weighted by Crippen LogP contribution is 2.17. The summed E-state index contributed by atoms with van der Waals surface area (Å²) in [5.41, 5.74) is 2.98. The van der Waals surface area contributed by atoms with Crippen LogP contribution in [0.3, 0.4) is 0 Å². The summed E-state index contributed by atoms with van der Waals surface area (Å²) in [7, 11) is 0. The number of rotatable bonds is 3. The lowest BCUT2D eigenvalue weighted by Gasteiger charge is -2.17. The Morgan fingerprint density at radius 2 is 2.31 bits per heavy atom. The molecule has 0 spiro atoms. The van der Waals surface area contributed by atoms with Gasteiger partial charge in [-0.2, -0.15) is 0 Å². The number of nitrogens with zero attached hydrogens (tertiary/aromatic N) is 2. The second-order valence-corrected chi connectivity index (χ2v) is 3.85. The van der Waals surface area contributed by atoms with Gasteiger partial charge >= 0.3 is 5.97 Å². The molecule has 0 bridgehead atoms. The van der Waals surface area contributed by atoms with Crippen LogP contribution in [0.5, 0.6) is 0 Å². The Labute approximate surface area is 93.5 Å². The molecule has 5 nitrogen and oxygen atoms in total. The van der Waals surface area contributed by atoms with Crippen LogP contribution >= 0.6 is 0 Å². The Kier molecular flexibility index (Phi) is 3.14. The molecule has 1 aromatic heterocycles. The second kappa shape index (κ2) is 4.57. The zero-order chi connectivity index (χ0) is 11.5. The smallest absolute Gasteiger partial charge is 0.303 e. The van der Waals surface area contributed by atoms with Crippen molar-refractivity contribution in [1.29, 1.82) is 0 Å². The van der Waals surface area contributed by atoms with Crippen LogP contribution in [0.2, 0.25) is 0 Å². The molecule has 0 aromatic carbocycles. The van der Waals surface area contributed by atoms with Crippen LogP contribution in [0.1, 0.15) is 29.2 Å². The van der Waals surface area contributed by atoms with E-state index in [9.17, 15) is 4.79 Å². The lowest BCUT2D eigenvalue weighted by molar-refractivity contribution is -0.137. The summed E-state index contributed by atoms with van der Waals surface area (Å²) >= 11 is 0. The van der Waals surface area contributed by atoms with Gasteiger partial charge in [0.15, 0.2) is 0 Å². The van der Waals surface area contributed by atoms with E-state index in [1.165, 1.54) is 0 Å². The molecule has 86 valence electrons. The van der Waals surface area contributed by atoms with Crippen LogP contribution in [0.15, 0.2) is 0 Å². The van der Waals surface area contributed by atoms with Gasteiger partial charge in [0.2, 0.25) is 0 Å². The molecular weight excluding hydrogens is 208 g/mol. The third kappa shape index (κ3) is 2.36. The van der Waals surface area contributed by atoms with Crippen molar-refractivity contribution >= 4 is 5.97 Å². The average Bonchev–Trinajstić information content (AvgIpc) is 2.26. The fraction of sp³-hybridized carbons (Fsp3) is 0.545. The number of carboxylic acid groups (broad SMARTS) is 1. The molecule has 1 aromatic rings. The topological polar surface area (TPSA) is 72.3 Å². The van der Waals surface area contributed by atoms with Gasteiger partial charge < -0.3 is 9.84 Å². The van der Waals surface area contributed by atoms with Crippen molar-refractivity contribution in [3.05, 3.63) is 22.8 Å². The Morgan fingerprint density at radius 1 is 1.50 bits per heavy atom. The molecule has 1 N–H and O–H groups in total. The van der Waals surface area contributed by atoms with Crippen LogP contribution in [-0.2, 0) is 29.0 Å². The van der Waals surface area contributed by atoms with Gasteiger partial charge in [-0.1, -0.05) is 0 Å². The quantitative estimate of drug-likeness (QED) is 0.821. The van der Waals surface area contributed by atoms with Crippen LogP contribution < -0.4 is 0 Å². The van der Waals surface area contributed by atoms with E-state index in [0.29, 0.717) is 25.5 Å². The summed E-state index contributed by atoms with van der Waals surface area (Å²) in [5.74, 6) is -0.192. The summed E-state index contributed by atoms with van der Waals surface area (Å²) in [6, 6.07) is 0. The molecule has 0 unspecified atom stereocenters. The predicted molar refractivity (Wildman–Crippen MR) is 56.1 cm³/mol. The van der Waals surface area contributed by atoms with Crippen LogP contribution in [0.25, 0.3) is 0 Å². The molecule has 0 saturated heterocycles. The van der Waals surface area contributed by atoms with Crippen molar-refractivity contribution in [2.75, 3.05) is 6.61 Å². The molecule has 5 heteroatoms. The maximum atomic E-state index is 10.5. The van der Waals surface area contributed by atoms with E-state index in [4.69, 9.17) is 9.84 Å². The standard InChI is InChI=1S/C11H14N2O3/c1-7-8-6-16-5-4-9(8)13-10(12-7)2-3-11(14)15/h2-6H2,1H3,(H,14,15). The highest BCUT2D eigenvalue weighted by atomic mass is 16.5. The molecule has 0 atom stereocenters. The van der Waals surface area contributed by atoms with Gasteiger partial charge in [-0.05, 0) is 6.92 Å². The zero-order valence-electron chi connectivity index (χ0n) is 9.19. The Bertz CT molecular complexity index is 418. The highest BCUT2D eigenvalue weighted by Gasteiger charge is 2.15. The minimum absolute atomic E-state index is 0.0781. The van der Waals surface area contributed by atoms with Gasteiger partial charge in [-0.25, -0.2) is 9.97 Å². The lowest BCUT2D eigenvalue weighted by atomic mass is 10.1. The number of carbonyl (C=O) groups is 1. The van der Waals surface area contributed by atoms with Gasteiger partial charge in [-0.15, -0.1) is 0 Å². The Morgan fingerprint density at radius 3 is 3.06 bits per heavy atom. The average molecular weight is 222 g/mol. The van der Waals surface area contributed by atoms with E-state index in [0.717, 1.165) is 23.4 Å². The molecule has 1 aliphatic rings. The van der Waals surface area contributed by atoms with Gasteiger partial charge in [0.25, 0.3) is 0 Å². The number of hydrogen-bond donors (Lipinski definition) is 1.